The highest BCUT2D eigenvalue weighted by Gasteiger charge is 2.26. The topological polar surface area (TPSA) is 110 Å². The van der Waals surface area contributed by atoms with Crippen LogP contribution in [0.2, 0.25) is 0 Å². The van der Waals surface area contributed by atoms with Crippen molar-refractivity contribution >= 4 is 5.84 Å². The Morgan fingerprint density at radius 2 is 2.11 bits per heavy atom. The molecule has 1 saturated carbocycles. The van der Waals surface area contributed by atoms with Gasteiger partial charge in [0, 0.05) is 17.7 Å². The number of halogens is 1. The molecular formula is C21H24FN4O2+. The second kappa shape index (κ2) is 7.22. The fraction of sp³-hybridized carbons (Fsp3) is 0.381. The number of para-hydroxylation sites is 1. The molecule has 28 heavy (non-hydrogen) atoms. The minimum atomic E-state index is -0.608. The van der Waals surface area contributed by atoms with Gasteiger partial charge in [0.25, 0.3) is 12.0 Å². The zero-order chi connectivity index (χ0) is 19.8. The summed E-state index contributed by atoms with van der Waals surface area (Å²) in [4.78, 5) is 7.59. The van der Waals surface area contributed by atoms with E-state index in [9.17, 15) is 9.50 Å². The molecule has 0 bridgehead atoms. The molecule has 1 unspecified atom stereocenters. The molecule has 6 nitrogen and oxygen atoms in total. The van der Waals surface area contributed by atoms with Gasteiger partial charge in [-0.05, 0) is 31.2 Å². The van der Waals surface area contributed by atoms with E-state index >= 15 is 0 Å². The summed E-state index contributed by atoms with van der Waals surface area (Å²) in [5, 5.41) is 19.5. The summed E-state index contributed by atoms with van der Waals surface area (Å²) in [6.45, 7) is 2.16. The van der Waals surface area contributed by atoms with Gasteiger partial charge in [0.2, 0.25) is 5.36 Å². The van der Waals surface area contributed by atoms with E-state index in [0.717, 1.165) is 19.3 Å². The number of benzene rings is 2. The van der Waals surface area contributed by atoms with Crippen LogP contribution in [-0.2, 0) is 0 Å². The fourth-order valence-electron chi connectivity index (χ4n) is 3.93. The Morgan fingerprint density at radius 3 is 2.86 bits per heavy atom. The number of rotatable bonds is 4. The highest BCUT2D eigenvalue weighted by Crippen LogP contribution is 2.34. The summed E-state index contributed by atoms with van der Waals surface area (Å²) < 4.78 is 20.2. The first-order valence-corrected chi connectivity index (χ1v) is 9.60. The molecule has 7 heteroatoms. The van der Waals surface area contributed by atoms with Gasteiger partial charge in [0.1, 0.15) is 28.6 Å². The molecule has 1 heterocycles. The molecule has 0 saturated heterocycles. The molecular weight excluding hydrogens is 359 g/mol. The maximum atomic E-state index is 14.1. The fourth-order valence-corrected chi connectivity index (χ4v) is 3.93. The van der Waals surface area contributed by atoms with Crippen LogP contribution in [0.15, 0.2) is 35.3 Å². The number of hydrogen-bond acceptors (Lipinski definition) is 3. The van der Waals surface area contributed by atoms with Gasteiger partial charge in [-0.1, -0.05) is 31.2 Å². The van der Waals surface area contributed by atoms with Gasteiger partial charge in [-0.3, -0.25) is 11.1 Å². The zero-order valence-electron chi connectivity index (χ0n) is 15.7. The maximum Gasteiger partial charge on any atom is 0.273 e. The first-order chi connectivity index (χ1) is 13.4. The predicted molar refractivity (Wildman–Crippen MR) is 98.1 cm³/mol. The van der Waals surface area contributed by atoms with Gasteiger partial charge in [-0.2, -0.15) is 0 Å². The van der Waals surface area contributed by atoms with Gasteiger partial charge in [-0.25, -0.2) is 14.4 Å². The minimum absolute atomic E-state index is 0.0575. The van der Waals surface area contributed by atoms with Crippen LogP contribution in [-0.4, -0.2) is 11.9 Å². The van der Waals surface area contributed by atoms with Crippen molar-refractivity contribution in [1.29, 1.82) is 0 Å². The van der Waals surface area contributed by atoms with E-state index in [-0.39, 0.29) is 23.3 Å². The van der Waals surface area contributed by atoms with E-state index in [4.69, 9.17) is 15.9 Å². The molecule has 2 aliphatic rings. The molecule has 5 N–H and O–H groups in total. The summed E-state index contributed by atoms with van der Waals surface area (Å²) in [6.07, 6.45) is 3.85. The first kappa shape index (κ1) is 18.4. The molecule has 4 rings (SSSR count). The van der Waals surface area contributed by atoms with Gasteiger partial charge < -0.3 is 9.84 Å². The molecule has 0 radical (unpaired) electrons. The van der Waals surface area contributed by atoms with Crippen LogP contribution in [0.5, 0.6) is 11.5 Å². The van der Waals surface area contributed by atoms with Gasteiger partial charge in [0.05, 0.1) is 0 Å². The van der Waals surface area contributed by atoms with Crippen molar-refractivity contribution in [3.63, 3.8) is 0 Å². The van der Waals surface area contributed by atoms with E-state index in [1.54, 1.807) is 18.2 Å². The van der Waals surface area contributed by atoms with Crippen LogP contribution in [0.3, 0.4) is 0 Å². The summed E-state index contributed by atoms with van der Waals surface area (Å²) in [5.74, 6) is -0.0759. The third-order valence-electron chi connectivity index (χ3n) is 5.57. The molecule has 3 atom stereocenters. The van der Waals surface area contributed by atoms with Crippen LogP contribution >= 0.6 is 0 Å². The van der Waals surface area contributed by atoms with Crippen LogP contribution in [0.1, 0.15) is 49.9 Å². The highest BCUT2D eigenvalue weighted by atomic mass is 19.1. The molecule has 0 aromatic heterocycles. The van der Waals surface area contributed by atoms with Crippen LogP contribution in [0, 0.1) is 11.7 Å². The molecule has 146 valence electrons. The summed E-state index contributed by atoms with van der Waals surface area (Å²) in [6, 6.07) is 7.99. The van der Waals surface area contributed by atoms with Crippen LogP contribution in [0.4, 0.5) is 4.39 Å². The Bertz CT molecular complexity index is 1050. The van der Waals surface area contributed by atoms with Gasteiger partial charge in [0.15, 0.2) is 0 Å². The number of nitrogens with zero attached hydrogens (tertiary/aromatic N) is 1. The highest BCUT2D eigenvalue weighted by molar-refractivity contribution is 5.92. The lowest BCUT2D eigenvalue weighted by Crippen LogP contribution is -2.77. The number of fused-ring (bicyclic) bond motifs is 1. The zero-order valence-corrected chi connectivity index (χ0v) is 15.7. The van der Waals surface area contributed by atoms with Crippen LogP contribution in [0.25, 0.3) is 0 Å². The lowest BCUT2D eigenvalue weighted by molar-refractivity contribution is -0.542. The van der Waals surface area contributed by atoms with Crippen molar-refractivity contribution in [1.82, 2.24) is 0 Å². The summed E-state index contributed by atoms with van der Waals surface area (Å²) >= 11 is 0. The second-order valence-electron chi connectivity index (χ2n) is 7.57. The Morgan fingerprint density at radius 1 is 1.32 bits per heavy atom. The van der Waals surface area contributed by atoms with Gasteiger partial charge >= 0.3 is 0 Å². The lowest BCUT2D eigenvalue weighted by Gasteiger charge is -2.31. The number of amidine groups is 1. The van der Waals surface area contributed by atoms with Crippen molar-refractivity contribution in [3.05, 3.63) is 58.0 Å². The van der Waals surface area contributed by atoms with Crippen LogP contribution < -0.4 is 36.7 Å². The SMILES string of the molecule is C[C@H]1CCCC[C@@H]1Oc1cccc(C2N=c3cc(F)c(C(N)=[NH2+])cc3=[NH+]2)c1[O-]. The van der Waals surface area contributed by atoms with Crippen molar-refractivity contribution in [2.24, 2.45) is 16.6 Å². The molecule has 1 aliphatic carbocycles. The van der Waals surface area contributed by atoms with E-state index in [0.29, 0.717) is 27.9 Å². The third kappa shape index (κ3) is 3.32. The Balaban J connectivity index is 1.66. The van der Waals surface area contributed by atoms with Crippen molar-refractivity contribution in [2.45, 2.75) is 44.9 Å². The predicted octanol–water partition coefficient (Wildman–Crippen LogP) is -1.65. The molecule has 2 aromatic carbocycles. The number of ether oxygens (including phenoxy) is 1. The standard InChI is InChI=1S/C21H23FN4O2/c1-11-5-2-3-7-17(11)28-18-8-4-6-12(19(18)27)21-25-15-9-13(20(23)24)14(22)10-16(15)26-21/h4,6,8-11,17,21,27H,2-3,5,7H2,1H3,(H3,23,24)/p+1/t11-,17-,21?/m0/s1. The normalized spacial score (nSPS) is 23.4. The largest absolute Gasteiger partial charge is 0.870 e. The minimum Gasteiger partial charge on any atom is -0.870 e. The monoisotopic (exact) mass is 383 g/mol. The smallest absolute Gasteiger partial charge is 0.273 e. The third-order valence-corrected chi connectivity index (χ3v) is 5.57. The molecule has 2 aromatic rings. The first-order valence-electron chi connectivity index (χ1n) is 9.60. The average Bonchev–Trinajstić information content (AvgIpc) is 3.06. The maximum absolute atomic E-state index is 14.1. The number of nitrogens with two attached hydrogens (primary N) is 2. The number of hydrogen-bond donors (Lipinski definition) is 3. The average molecular weight is 383 g/mol. The van der Waals surface area contributed by atoms with Crippen molar-refractivity contribution in [3.8, 4) is 11.5 Å². The molecule has 0 amide bonds. The molecule has 0 spiro atoms. The summed E-state index contributed by atoms with van der Waals surface area (Å²) in [5.41, 5.74) is 6.11. The molecule has 1 fully saturated rings. The molecule has 1 aliphatic heterocycles. The Hall–Kier alpha value is -2.96. The van der Waals surface area contributed by atoms with E-state index in [2.05, 4.69) is 16.9 Å². The van der Waals surface area contributed by atoms with E-state index in [1.165, 1.54) is 18.6 Å². The second-order valence-corrected chi connectivity index (χ2v) is 7.57. The quantitative estimate of drug-likeness (QED) is 0.435. The van der Waals surface area contributed by atoms with Crippen molar-refractivity contribution in [2.75, 3.05) is 0 Å². The Kier molecular flexibility index (Phi) is 4.75. The summed E-state index contributed by atoms with van der Waals surface area (Å²) in [7, 11) is 0. The Labute approximate surface area is 162 Å². The van der Waals surface area contributed by atoms with E-state index < -0.39 is 12.0 Å². The number of nitrogens with one attached hydrogen (secondary N) is 1. The van der Waals surface area contributed by atoms with Gasteiger partial charge in [-0.15, -0.1) is 0 Å². The van der Waals surface area contributed by atoms with E-state index in [1.807, 2.05) is 0 Å². The lowest BCUT2D eigenvalue weighted by atomic mass is 9.88. The van der Waals surface area contributed by atoms with Crippen molar-refractivity contribution < 1.29 is 24.6 Å².